The van der Waals surface area contributed by atoms with Gasteiger partial charge in [-0.15, -0.1) is 0 Å². The topological polar surface area (TPSA) is 27.1 Å². The van der Waals surface area contributed by atoms with Crippen molar-refractivity contribution in [2.24, 2.45) is 5.92 Å². The lowest BCUT2D eigenvalue weighted by Gasteiger charge is -2.04. The predicted molar refractivity (Wildman–Crippen MR) is 65.4 cm³/mol. The molecule has 1 aromatic heterocycles. The second kappa shape index (κ2) is 6.48. The molecule has 0 aliphatic carbocycles. The van der Waals surface area contributed by atoms with Gasteiger partial charge in [0.05, 0.1) is 10.2 Å². The second-order valence-corrected chi connectivity index (χ2v) is 5.11. The summed E-state index contributed by atoms with van der Waals surface area (Å²) >= 11 is 2.13. The third kappa shape index (κ3) is 4.73. The first-order valence-corrected chi connectivity index (χ1v) is 6.14. The maximum absolute atomic E-state index is 11.9. The van der Waals surface area contributed by atoms with Gasteiger partial charge in [0.15, 0.2) is 0 Å². The maximum atomic E-state index is 11.9. The van der Waals surface area contributed by atoms with E-state index in [0.29, 0.717) is 5.92 Å². The van der Waals surface area contributed by atoms with Crippen LogP contribution in [0.2, 0.25) is 0 Å². The van der Waals surface area contributed by atoms with E-state index in [1.54, 1.807) is 0 Å². The van der Waals surface area contributed by atoms with E-state index >= 15 is 0 Å². The first-order chi connectivity index (χ1) is 7.49. The summed E-state index contributed by atoms with van der Waals surface area (Å²) in [5.41, 5.74) is 0.724. The van der Waals surface area contributed by atoms with Crippen LogP contribution in [0.1, 0.15) is 19.5 Å². The Kier molecular flexibility index (Phi) is 5.60. The van der Waals surface area contributed by atoms with Gasteiger partial charge < -0.3 is 4.74 Å². The van der Waals surface area contributed by atoms with Gasteiger partial charge in [0.2, 0.25) is 0 Å². The fraction of sp³-hybridized carbons (Fsp3) is 0.700. The molecule has 0 N–H and O–H groups in total. The van der Waals surface area contributed by atoms with Gasteiger partial charge in [-0.25, -0.2) is 8.78 Å². The van der Waals surface area contributed by atoms with Crippen molar-refractivity contribution in [3.05, 3.63) is 15.5 Å². The number of rotatable bonds is 6. The van der Waals surface area contributed by atoms with Crippen LogP contribution in [0.15, 0.2) is 6.20 Å². The van der Waals surface area contributed by atoms with Crippen LogP contribution >= 0.6 is 22.6 Å². The minimum absolute atomic E-state index is 0.147. The van der Waals surface area contributed by atoms with Crippen molar-refractivity contribution in [1.82, 2.24) is 9.78 Å². The zero-order chi connectivity index (χ0) is 12.1. The van der Waals surface area contributed by atoms with Crippen molar-refractivity contribution in [3.8, 4) is 0 Å². The van der Waals surface area contributed by atoms with E-state index in [0.717, 1.165) is 15.8 Å². The SMILES string of the molecule is CC(C)Cn1cc(I)c(COCC(F)F)n1. The lowest BCUT2D eigenvalue weighted by atomic mass is 10.2. The average Bonchev–Trinajstić information content (AvgIpc) is 2.45. The molecule has 0 radical (unpaired) electrons. The van der Waals surface area contributed by atoms with Crippen molar-refractivity contribution in [3.63, 3.8) is 0 Å². The van der Waals surface area contributed by atoms with Crippen molar-refractivity contribution in [2.45, 2.75) is 33.4 Å². The van der Waals surface area contributed by atoms with Gasteiger partial charge in [0, 0.05) is 12.7 Å². The summed E-state index contributed by atoms with van der Waals surface area (Å²) in [7, 11) is 0. The largest absolute Gasteiger partial charge is 0.369 e. The lowest BCUT2D eigenvalue weighted by Crippen LogP contribution is -2.07. The number of hydrogen-bond donors (Lipinski definition) is 0. The molecule has 3 nitrogen and oxygen atoms in total. The standard InChI is InChI=1S/C10H15F2IN2O/c1-7(2)3-15-4-8(13)9(14-15)5-16-6-10(11)12/h4,7,10H,3,5-6H2,1-2H3. The van der Waals surface area contributed by atoms with Gasteiger partial charge in [-0.2, -0.15) is 5.10 Å². The van der Waals surface area contributed by atoms with Crippen LogP contribution in [-0.2, 0) is 17.9 Å². The van der Waals surface area contributed by atoms with E-state index in [1.165, 1.54) is 0 Å². The molecular formula is C10H15F2IN2O. The molecule has 1 heterocycles. The van der Waals surface area contributed by atoms with Gasteiger partial charge in [0.25, 0.3) is 6.43 Å². The monoisotopic (exact) mass is 344 g/mol. The van der Waals surface area contributed by atoms with Crippen molar-refractivity contribution < 1.29 is 13.5 Å². The smallest absolute Gasteiger partial charge is 0.261 e. The highest BCUT2D eigenvalue weighted by molar-refractivity contribution is 14.1. The molecule has 92 valence electrons. The van der Waals surface area contributed by atoms with E-state index in [4.69, 9.17) is 4.74 Å². The third-order valence-electron chi connectivity index (χ3n) is 1.82. The predicted octanol–water partition coefficient (Wildman–Crippen LogP) is 2.93. The highest BCUT2D eigenvalue weighted by Gasteiger charge is 2.09. The van der Waals surface area contributed by atoms with Crippen LogP contribution in [0, 0.1) is 9.49 Å². The molecule has 0 aromatic carbocycles. The van der Waals surface area contributed by atoms with Gasteiger partial charge in [0.1, 0.15) is 12.3 Å². The molecule has 0 amide bonds. The Bertz CT molecular complexity index is 329. The number of ether oxygens (including phenoxy) is 1. The molecule has 1 rings (SSSR count). The van der Waals surface area contributed by atoms with E-state index in [9.17, 15) is 8.78 Å². The zero-order valence-corrected chi connectivity index (χ0v) is 11.4. The third-order valence-corrected chi connectivity index (χ3v) is 2.72. The Morgan fingerprint density at radius 1 is 1.50 bits per heavy atom. The van der Waals surface area contributed by atoms with E-state index in [1.807, 2.05) is 10.9 Å². The Hall–Kier alpha value is -0.240. The van der Waals surface area contributed by atoms with Gasteiger partial charge >= 0.3 is 0 Å². The molecule has 0 saturated carbocycles. The molecular weight excluding hydrogens is 329 g/mol. The molecule has 0 unspecified atom stereocenters. The molecule has 0 atom stereocenters. The zero-order valence-electron chi connectivity index (χ0n) is 9.29. The lowest BCUT2D eigenvalue weighted by molar-refractivity contribution is 0.00847. The summed E-state index contributed by atoms with van der Waals surface area (Å²) in [5.74, 6) is 0.505. The Morgan fingerprint density at radius 2 is 2.19 bits per heavy atom. The molecule has 0 aliphatic heterocycles. The summed E-state index contributed by atoms with van der Waals surface area (Å²) < 4.78 is 31.4. The minimum Gasteiger partial charge on any atom is -0.369 e. The first-order valence-electron chi connectivity index (χ1n) is 5.06. The molecule has 16 heavy (non-hydrogen) atoms. The van der Waals surface area contributed by atoms with E-state index in [2.05, 4.69) is 41.5 Å². The van der Waals surface area contributed by atoms with Crippen molar-refractivity contribution >= 4 is 22.6 Å². The summed E-state index contributed by atoms with van der Waals surface area (Å²) in [6, 6.07) is 0. The number of aromatic nitrogens is 2. The number of alkyl halides is 2. The van der Waals surface area contributed by atoms with Gasteiger partial charge in [-0.3, -0.25) is 4.68 Å². The second-order valence-electron chi connectivity index (χ2n) is 3.95. The highest BCUT2D eigenvalue weighted by atomic mass is 127. The minimum atomic E-state index is -2.42. The Balaban J connectivity index is 2.50. The maximum Gasteiger partial charge on any atom is 0.261 e. The number of halogens is 3. The van der Waals surface area contributed by atoms with Crippen LogP contribution in [0.3, 0.4) is 0 Å². The molecule has 0 fully saturated rings. The van der Waals surface area contributed by atoms with E-state index in [-0.39, 0.29) is 6.61 Å². The van der Waals surface area contributed by atoms with Crippen LogP contribution in [0.4, 0.5) is 8.78 Å². The van der Waals surface area contributed by atoms with Gasteiger partial charge in [-0.1, -0.05) is 13.8 Å². The van der Waals surface area contributed by atoms with Crippen LogP contribution < -0.4 is 0 Å². The van der Waals surface area contributed by atoms with Crippen molar-refractivity contribution in [1.29, 1.82) is 0 Å². The Labute approximate surface area is 107 Å². The normalized spacial score (nSPS) is 11.7. The molecule has 1 aromatic rings. The Morgan fingerprint density at radius 3 is 2.75 bits per heavy atom. The summed E-state index contributed by atoms with van der Waals surface area (Å²) in [6.45, 7) is 4.63. The van der Waals surface area contributed by atoms with Crippen molar-refractivity contribution in [2.75, 3.05) is 6.61 Å². The molecule has 0 spiro atoms. The van der Waals surface area contributed by atoms with Crippen LogP contribution in [0.25, 0.3) is 0 Å². The molecule has 6 heteroatoms. The van der Waals surface area contributed by atoms with Crippen LogP contribution in [-0.4, -0.2) is 22.8 Å². The summed E-state index contributed by atoms with van der Waals surface area (Å²) in [5, 5.41) is 4.29. The van der Waals surface area contributed by atoms with Crippen LogP contribution in [0.5, 0.6) is 0 Å². The highest BCUT2D eigenvalue weighted by Crippen LogP contribution is 2.13. The van der Waals surface area contributed by atoms with Gasteiger partial charge in [-0.05, 0) is 28.5 Å². The summed E-state index contributed by atoms with van der Waals surface area (Å²) in [6.07, 6.45) is -0.517. The fourth-order valence-electron chi connectivity index (χ4n) is 1.25. The number of nitrogens with zero attached hydrogens (tertiary/aromatic N) is 2. The summed E-state index contributed by atoms with van der Waals surface area (Å²) in [4.78, 5) is 0. The average molecular weight is 344 g/mol. The number of hydrogen-bond acceptors (Lipinski definition) is 2. The fourth-order valence-corrected chi connectivity index (χ4v) is 1.83. The molecule has 0 bridgehead atoms. The quantitative estimate of drug-likeness (QED) is 0.742. The molecule has 0 aliphatic rings. The van der Waals surface area contributed by atoms with E-state index < -0.39 is 13.0 Å². The molecule has 0 saturated heterocycles. The first kappa shape index (κ1) is 13.8.